The van der Waals surface area contributed by atoms with E-state index in [0.717, 1.165) is 12.0 Å². The summed E-state index contributed by atoms with van der Waals surface area (Å²) in [7, 11) is 1.70. The molecule has 0 aromatic rings. The zero-order valence-corrected chi connectivity index (χ0v) is 9.33. The SMILES string of the molecule is COC(C)(C)CC(C)(C)SC=O. The van der Waals surface area contributed by atoms with Gasteiger partial charge < -0.3 is 4.74 Å². The fourth-order valence-corrected chi connectivity index (χ4v) is 1.96. The molecular weight excluding hydrogens is 172 g/mol. The molecule has 0 radical (unpaired) electrons. The van der Waals surface area contributed by atoms with Crippen LogP contribution in [-0.4, -0.2) is 23.1 Å². The first-order chi connectivity index (χ1) is 5.33. The van der Waals surface area contributed by atoms with Crippen LogP contribution in [0, 0.1) is 0 Å². The molecule has 0 saturated heterocycles. The van der Waals surface area contributed by atoms with Gasteiger partial charge in [-0.15, -0.1) is 0 Å². The molecule has 3 heteroatoms. The fourth-order valence-electron chi connectivity index (χ4n) is 1.27. The van der Waals surface area contributed by atoms with E-state index in [1.165, 1.54) is 11.8 Å². The Hall–Kier alpha value is -0.0200. The lowest BCUT2D eigenvalue weighted by Crippen LogP contribution is -2.32. The van der Waals surface area contributed by atoms with E-state index in [-0.39, 0.29) is 10.3 Å². The maximum absolute atomic E-state index is 10.3. The van der Waals surface area contributed by atoms with Gasteiger partial charge in [-0.2, -0.15) is 0 Å². The minimum Gasteiger partial charge on any atom is -0.379 e. The number of carbonyl (C=O) groups is 1. The van der Waals surface area contributed by atoms with Crippen molar-refractivity contribution in [2.24, 2.45) is 0 Å². The molecule has 0 aromatic carbocycles. The molecule has 0 amide bonds. The van der Waals surface area contributed by atoms with Gasteiger partial charge in [0.25, 0.3) is 0 Å². The Morgan fingerprint density at radius 3 is 2.17 bits per heavy atom. The third-order valence-electron chi connectivity index (χ3n) is 1.77. The highest BCUT2D eigenvalue weighted by molar-refractivity contribution is 8.13. The van der Waals surface area contributed by atoms with Crippen LogP contribution in [0.1, 0.15) is 34.1 Å². The summed E-state index contributed by atoms with van der Waals surface area (Å²) in [4.78, 5) is 10.3. The number of methoxy groups -OCH3 is 1. The van der Waals surface area contributed by atoms with Crippen molar-refractivity contribution < 1.29 is 9.53 Å². The van der Waals surface area contributed by atoms with E-state index in [1.54, 1.807) is 7.11 Å². The molecule has 0 aliphatic heterocycles. The molecule has 0 atom stereocenters. The van der Waals surface area contributed by atoms with Gasteiger partial charge in [0.1, 0.15) is 0 Å². The number of carbonyl (C=O) groups excluding carboxylic acids is 1. The second-order valence-corrected chi connectivity index (χ2v) is 5.65. The highest BCUT2D eigenvalue weighted by Gasteiger charge is 2.28. The summed E-state index contributed by atoms with van der Waals surface area (Å²) in [6.45, 7) is 8.15. The molecule has 0 spiro atoms. The van der Waals surface area contributed by atoms with Gasteiger partial charge in [0.05, 0.1) is 5.60 Å². The van der Waals surface area contributed by atoms with Crippen LogP contribution in [0.2, 0.25) is 0 Å². The minimum absolute atomic E-state index is 0.0404. The Labute approximate surface area is 79.1 Å². The van der Waals surface area contributed by atoms with Crippen molar-refractivity contribution in [2.75, 3.05) is 7.11 Å². The number of hydrogen-bond acceptors (Lipinski definition) is 3. The quantitative estimate of drug-likeness (QED) is 0.623. The van der Waals surface area contributed by atoms with Gasteiger partial charge in [0, 0.05) is 11.9 Å². The first-order valence-corrected chi connectivity index (χ1v) is 4.87. The lowest BCUT2D eigenvalue weighted by atomic mass is 9.95. The summed E-state index contributed by atoms with van der Waals surface area (Å²) in [5, 5.41) is 0. The zero-order valence-electron chi connectivity index (χ0n) is 8.51. The van der Waals surface area contributed by atoms with Gasteiger partial charge in [0.2, 0.25) is 0 Å². The molecule has 0 N–H and O–H groups in total. The molecule has 0 aliphatic rings. The van der Waals surface area contributed by atoms with Crippen LogP contribution >= 0.6 is 11.8 Å². The van der Waals surface area contributed by atoms with Crippen LogP contribution in [0.3, 0.4) is 0 Å². The smallest absolute Gasteiger partial charge is 0.176 e. The van der Waals surface area contributed by atoms with E-state index < -0.39 is 0 Å². The number of hydrogen-bond donors (Lipinski definition) is 0. The van der Waals surface area contributed by atoms with Gasteiger partial charge in [-0.25, -0.2) is 0 Å². The van der Waals surface area contributed by atoms with Crippen LogP contribution in [0.4, 0.5) is 0 Å². The van der Waals surface area contributed by atoms with Crippen molar-refractivity contribution in [3.05, 3.63) is 0 Å². The molecule has 0 bridgehead atoms. The number of thioether (sulfide) groups is 1. The first-order valence-electron chi connectivity index (χ1n) is 4.00. The fraction of sp³-hybridized carbons (Fsp3) is 0.889. The predicted octanol–water partition coefficient (Wildman–Crippen LogP) is 2.50. The van der Waals surface area contributed by atoms with Crippen molar-refractivity contribution in [1.29, 1.82) is 0 Å². The lowest BCUT2D eigenvalue weighted by Gasteiger charge is -2.31. The van der Waals surface area contributed by atoms with E-state index in [4.69, 9.17) is 4.74 Å². The molecule has 0 saturated carbocycles. The Morgan fingerprint density at radius 2 is 1.83 bits per heavy atom. The molecule has 0 unspecified atom stereocenters. The second-order valence-electron chi connectivity index (χ2n) is 4.11. The molecular formula is C9H18O2S. The summed E-state index contributed by atoms with van der Waals surface area (Å²) in [5.41, 5.74) is 0.741. The maximum atomic E-state index is 10.3. The van der Waals surface area contributed by atoms with Crippen molar-refractivity contribution >= 4 is 17.4 Å². The van der Waals surface area contributed by atoms with Crippen molar-refractivity contribution in [2.45, 2.75) is 44.5 Å². The topological polar surface area (TPSA) is 26.3 Å². The molecule has 0 heterocycles. The van der Waals surface area contributed by atoms with Gasteiger partial charge in [-0.05, 0) is 20.3 Å². The van der Waals surface area contributed by atoms with E-state index in [2.05, 4.69) is 0 Å². The number of rotatable bonds is 5. The normalized spacial score (nSPS) is 13.1. The Kier molecular flexibility index (Phi) is 4.28. The monoisotopic (exact) mass is 190 g/mol. The Bertz CT molecular complexity index is 153. The van der Waals surface area contributed by atoms with Crippen LogP contribution in [0.15, 0.2) is 0 Å². The second kappa shape index (κ2) is 4.28. The molecule has 0 aliphatic carbocycles. The predicted molar refractivity (Wildman–Crippen MR) is 54.1 cm³/mol. The van der Waals surface area contributed by atoms with Crippen molar-refractivity contribution in [3.63, 3.8) is 0 Å². The summed E-state index contributed by atoms with van der Waals surface area (Å²) in [5.74, 6) is 0. The Balaban J connectivity index is 4.12. The average Bonchev–Trinajstić information content (AvgIpc) is 1.85. The minimum atomic E-state index is -0.153. The summed E-state index contributed by atoms with van der Waals surface area (Å²) in [6.07, 6.45) is 0.861. The molecule has 0 aromatic heterocycles. The van der Waals surface area contributed by atoms with Crippen LogP contribution < -0.4 is 0 Å². The van der Waals surface area contributed by atoms with Gasteiger partial charge >= 0.3 is 0 Å². The summed E-state index contributed by atoms with van der Waals surface area (Å²) < 4.78 is 5.25. The van der Waals surface area contributed by atoms with Crippen molar-refractivity contribution in [1.82, 2.24) is 0 Å². The zero-order chi connectivity index (χ0) is 9.83. The van der Waals surface area contributed by atoms with Crippen LogP contribution in [0.25, 0.3) is 0 Å². The highest BCUT2D eigenvalue weighted by atomic mass is 32.2. The molecule has 0 rings (SSSR count). The van der Waals surface area contributed by atoms with Crippen LogP contribution in [-0.2, 0) is 9.53 Å². The van der Waals surface area contributed by atoms with E-state index in [9.17, 15) is 4.79 Å². The average molecular weight is 190 g/mol. The van der Waals surface area contributed by atoms with E-state index in [1.807, 2.05) is 27.7 Å². The third kappa shape index (κ3) is 4.78. The Morgan fingerprint density at radius 1 is 1.33 bits per heavy atom. The number of ether oxygens (including phenoxy) is 1. The van der Waals surface area contributed by atoms with Gasteiger partial charge in [-0.1, -0.05) is 25.6 Å². The summed E-state index contributed by atoms with van der Waals surface area (Å²) in [6, 6.07) is 0. The van der Waals surface area contributed by atoms with Crippen molar-refractivity contribution in [3.8, 4) is 0 Å². The van der Waals surface area contributed by atoms with Crippen LogP contribution in [0.5, 0.6) is 0 Å². The first kappa shape index (κ1) is 12.0. The van der Waals surface area contributed by atoms with Gasteiger partial charge in [-0.3, -0.25) is 4.79 Å². The van der Waals surface area contributed by atoms with Gasteiger partial charge in [0.15, 0.2) is 5.62 Å². The molecule has 12 heavy (non-hydrogen) atoms. The maximum Gasteiger partial charge on any atom is 0.176 e. The third-order valence-corrected chi connectivity index (χ3v) is 2.65. The van der Waals surface area contributed by atoms with E-state index >= 15 is 0 Å². The molecule has 72 valence electrons. The molecule has 0 fully saturated rings. The lowest BCUT2D eigenvalue weighted by molar-refractivity contribution is 0.00960. The highest BCUT2D eigenvalue weighted by Crippen LogP contribution is 2.32. The largest absolute Gasteiger partial charge is 0.379 e. The standard InChI is InChI=1S/C9H18O2S/c1-8(2,11-5)6-9(3,4)12-7-10/h7H,6H2,1-5H3. The van der Waals surface area contributed by atoms with E-state index in [0.29, 0.717) is 0 Å². The molecule has 2 nitrogen and oxygen atoms in total. The summed E-state index contributed by atoms with van der Waals surface area (Å²) >= 11 is 1.32.